The molecule has 2 heterocycles. The molecule has 2 saturated heterocycles. The third-order valence-corrected chi connectivity index (χ3v) is 6.01. The van der Waals surface area contributed by atoms with Gasteiger partial charge in [0, 0.05) is 32.1 Å². The minimum atomic E-state index is -0.361. The molecule has 7 heteroatoms. The molecule has 0 spiro atoms. The van der Waals surface area contributed by atoms with Gasteiger partial charge >= 0.3 is 0 Å². The van der Waals surface area contributed by atoms with Gasteiger partial charge in [-0.05, 0) is 25.0 Å². The number of ether oxygens (including phenoxy) is 1. The molecule has 0 unspecified atom stereocenters. The third-order valence-electron chi connectivity index (χ3n) is 6.01. The number of hydrogen-bond acceptors (Lipinski definition) is 4. The van der Waals surface area contributed by atoms with Crippen LogP contribution in [-0.4, -0.2) is 66.4 Å². The zero-order chi connectivity index (χ0) is 19.5. The summed E-state index contributed by atoms with van der Waals surface area (Å²) in [4.78, 5) is 41.7. The van der Waals surface area contributed by atoms with Crippen LogP contribution in [0.4, 0.5) is 5.69 Å². The summed E-state index contributed by atoms with van der Waals surface area (Å²) in [5, 5.41) is 2.91. The van der Waals surface area contributed by atoms with Crippen LogP contribution in [0.2, 0.25) is 0 Å². The Bertz CT molecular complexity index is 754. The monoisotopic (exact) mass is 385 g/mol. The lowest BCUT2D eigenvalue weighted by Gasteiger charge is -2.27. The summed E-state index contributed by atoms with van der Waals surface area (Å²) in [6.07, 6.45) is 4.64. The maximum absolute atomic E-state index is 12.9. The number of morpholine rings is 1. The zero-order valence-electron chi connectivity index (χ0n) is 16.1. The predicted molar refractivity (Wildman–Crippen MR) is 104 cm³/mol. The first-order chi connectivity index (χ1) is 13.6. The first-order valence-corrected chi connectivity index (χ1v) is 10.2. The van der Waals surface area contributed by atoms with E-state index in [4.69, 9.17) is 4.74 Å². The first-order valence-electron chi connectivity index (χ1n) is 10.2. The maximum atomic E-state index is 12.9. The smallest absolute Gasteiger partial charge is 0.256 e. The average Bonchev–Trinajstić information content (AvgIpc) is 3.38. The fourth-order valence-corrected chi connectivity index (χ4v) is 4.43. The summed E-state index contributed by atoms with van der Waals surface area (Å²) >= 11 is 0. The highest BCUT2D eigenvalue weighted by Gasteiger charge is 2.38. The standard InChI is InChI=1S/C21H27N3O4/c25-19-13-15(14-24(19)16-5-1-2-6-16)20(26)22-18-8-4-3-7-17(18)21(27)23-9-11-28-12-10-23/h3-4,7-8,15-16H,1-2,5-6,9-14H2,(H,22,26)/t15-/m0/s1. The molecule has 4 rings (SSSR count). The lowest BCUT2D eigenvalue weighted by atomic mass is 10.1. The molecule has 1 N–H and O–H groups in total. The van der Waals surface area contributed by atoms with Gasteiger partial charge in [0.15, 0.2) is 0 Å². The summed E-state index contributed by atoms with van der Waals surface area (Å²) < 4.78 is 5.31. The average molecular weight is 385 g/mol. The minimum Gasteiger partial charge on any atom is -0.378 e. The number of anilines is 1. The van der Waals surface area contributed by atoms with Crippen LogP contribution in [0.15, 0.2) is 24.3 Å². The van der Waals surface area contributed by atoms with Gasteiger partial charge in [0.05, 0.1) is 30.4 Å². The molecule has 0 aromatic heterocycles. The van der Waals surface area contributed by atoms with Crippen molar-refractivity contribution in [3.8, 4) is 0 Å². The van der Waals surface area contributed by atoms with Gasteiger partial charge in [-0.25, -0.2) is 0 Å². The number of nitrogens with one attached hydrogen (secondary N) is 1. The van der Waals surface area contributed by atoms with Crippen molar-refractivity contribution in [1.29, 1.82) is 0 Å². The van der Waals surface area contributed by atoms with Crippen molar-refractivity contribution in [3.05, 3.63) is 29.8 Å². The molecule has 1 aromatic carbocycles. The highest BCUT2D eigenvalue weighted by Crippen LogP contribution is 2.30. The molecule has 1 aromatic rings. The van der Waals surface area contributed by atoms with E-state index in [2.05, 4.69) is 5.32 Å². The van der Waals surface area contributed by atoms with Crippen LogP contribution in [0.25, 0.3) is 0 Å². The molecule has 3 amide bonds. The van der Waals surface area contributed by atoms with Crippen molar-refractivity contribution < 1.29 is 19.1 Å². The summed E-state index contributed by atoms with van der Waals surface area (Å²) in [5.74, 6) is -0.574. The number of amides is 3. The highest BCUT2D eigenvalue weighted by atomic mass is 16.5. The Hall–Kier alpha value is -2.41. The van der Waals surface area contributed by atoms with Gasteiger partial charge in [0.2, 0.25) is 11.8 Å². The Kier molecular flexibility index (Phi) is 5.62. The van der Waals surface area contributed by atoms with E-state index in [1.165, 1.54) is 0 Å². The molecule has 0 radical (unpaired) electrons. The minimum absolute atomic E-state index is 0.0738. The Morgan fingerprint density at radius 1 is 1.07 bits per heavy atom. The normalized spacial score (nSPS) is 23.3. The van der Waals surface area contributed by atoms with E-state index in [1.54, 1.807) is 29.2 Å². The number of nitrogens with zero attached hydrogens (tertiary/aromatic N) is 2. The van der Waals surface area contributed by atoms with Crippen molar-refractivity contribution in [2.45, 2.75) is 38.1 Å². The summed E-state index contributed by atoms with van der Waals surface area (Å²) in [6, 6.07) is 7.37. The second-order valence-electron chi connectivity index (χ2n) is 7.82. The molecular formula is C21H27N3O4. The fourth-order valence-electron chi connectivity index (χ4n) is 4.43. The SMILES string of the molecule is O=C(Nc1ccccc1C(=O)N1CCOCC1)[C@H]1CC(=O)N(C2CCCC2)C1. The Morgan fingerprint density at radius 2 is 1.79 bits per heavy atom. The van der Waals surface area contributed by atoms with Crippen LogP contribution in [0, 0.1) is 5.92 Å². The van der Waals surface area contributed by atoms with Crippen LogP contribution in [0.5, 0.6) is 0 Å². The Balaban J connectivity index is 1.43. The van der Waals surface area contributed by atoms with E-state index in [9.17, 15) is 14.4 Å². The largest absolute Gasteiger partial charge is 0.378 e. The molecule has 1 saturated carbocycles. The second kappa shape index (κ2) is 8.31. The number of carbonyl (C=O) groups excluding carboxylic acids is 3. The van der Waals surface area contributed by atoms with Gasteiger partial charge in [-0.2, -0.15) is 0 Å². The molecule has 150 valence electrons. The highest BCUT2D eigenvalue weighted by molar-refractivity contribution is 6.05. The number of benzene rings is 1. The van der Waals surface area contributed by atoms with Crippen LogP contribution >= 0.6 is 0 Å². The van der Waals surface area contributed by atoms with Crippen LogP contribution < -0.4 is 5.32 Å². The number of para-hydroxylation sites is 1. The van der Waals surface area contributed by atoms with E-state index >= 15 is 0 Å². The molecule has 1 atom stereocenters. The lowest BCUT2D eigenvalue weighted by Crippen LogP contribution is -2.41. The second-order valence-corrected chi connectivity index (χ2v) is 7.82. The van der Waals surface area contributed by atoms with Crippen LogP contribution in [0.3, 0.4) is 0 Å². The van der Waals surface area contributed by atoms with Crippen molar-refractivity contribution >= 4 is 23.4 Å². The topological polar surface area (TPSA) is 79.0 Å². The first kappa shape index (κ1) is 18.9. The molecule has 3 aliphatic rings. The quantitative estimate of drug-likeness (QED) is 0.858. The zero-order valence-corrected chi connectivity index (χ0v) is 16.1. The van der Waals surface area contributed by atoms with Crippen molar-refractivity contribution in [3.63, 3.8) is 0 Å². The summed E-state index contributed by atoms with van der Waals surface area (Å²) in [5.41, 5.74) is 0.991. The van der Waals surface area contributed by atoms with Gasteiger partial charge < -0.3 is 19.9 Å². The van der Waals surface area contributed by atoms with Crippen molar-refractivity contribution in [2.75, 3.05) is 38.2 Å². The number of hydrogen-bond donors (Lipinski definition) is 1. The Morgan fingerprint density at radius 3 is 2.54 bits per heavy atom. The van der Waals surface area contributed by atoms with Crippen molar-refractivity contribution in [1.82, 2.24) is 9.80 Å². The molecule has 7 nitrogen and oxygen atoms in total. The molecule has 28 heavy (non-hydrogen) atoms. The molecule has 1 aliphatic carbocycles. The van der Waals surface area contributed by atoms with Gasteiger partial charge in [0.1, 0.15) is 0 Å². The predicted octanol–water partition coefficient (Wildman–Crippen LogP) is 1.89. The van der Waals surface area contributed by atoms with E-state index in [0.29, 0.717) is 50.1 Å². The van der Waals surface area contributed by atoms with Crippen LogP contribution in [-0.2, 0) is 14.3 Å². The van der Waals surface area contributed by atoms with Crippen molar-refractivity contribution in [2.24, 2.45) is 5.92 Å². The van der Waals surface area contributed by atoms with Gasteiger partial charge in [-0.3, -0.25) is 14.4 Å². The molecule has 2 aliphatic heterocycles. The van der Waals surface area contributed by atoms with E-state index in [1.807, 2.05) is 4.90 Å². The molecule has 3 fully saturated rings. The number of rotatable bonds is 4. The summed E-state index contributed by atoms with van der Waals surface area (Å²) in [7, 11) is 0. The summed E-state index contributed by atoms with van der Waals surface area (Å²) in [6.45, 7) is 2.64. The lowest BCUT2D eigenvalue weighted by molar-refractivity contribution is -0.129. The number of likely N-dealkylation sites (tertiary alicyclic amines) is 1. The van der Waals surface area contributed by atoms with Gasteiger partial charge in [-0.15, -0.1) is 0 Å². The van der Waals surface area contributed by atoms with Gasteiger partial charge in [-0.1, -0.05) is 25.0 Å². The van der Waals surface area contributed by atoms with E-state index in [0.717, 1.165) is 25.7 Å². The third kappa shape index (κ3) is 3.90. The van der Waals surface area contributed by atoms with E-state index < -0.39 is 0 Å². The molecule has 0 bridgehead atoms. The molecular weight excluding hydrogens is 358 g/mol. The van der Waals surface area contributed by atoms with Crippen LogP contribution in [0.1, 0.15) is 42.5 Å². The maximum Gasteiger partial charge on any atom is 0.256 e. The van der Waals surface area contributed by atoms with E-state index in [-0.39, 0.29) is 30.1 Å². The Labute approximate surface area is 165 Å². The fraction of sp³-hybridized carbons (Fsp3) is 0.571. The number of carbonyl (C=O) groups is 3. The van der Waals surface area contributed by atoms with Gasteiger partial charge in [0.25, 0.3) is 5.91 Å².